The molecule has 1 atom stereocenters. The van der Waals surface area contributed by atoms with Crippen molar-refractivity contribution in [2.45, 2.75) is 58.8 Å². The van der Waals surface area contributed by atoms with Gasteiger partial charge in [0, 0.05) is 17.7 Å². The van der Waals surface area contributed by atoms with Gasteiger partial charge in [-0.2, -0.15) is 0 Å². The number of nitrogens with one attached hydrogen (secondary N) is 1. The highest BCUT2D eigenvalue weighted by atomic mass is 16.5. The molecule has 2 aromatic rings. The van der Waals surface area contributed by atoms with Crippen molar-refractivity contribution in [3.05, 3.63) is 57.9 Å². The van der Waals surface area contributed by atoms with Gasteiger partial charge >= 0.3 is 5.97 Å². The number of ketones is 1. The van der Waals surface area contributed by atoms with E-state index in [0.29, 0.717) is 24.3 Å². The Hall–Kier alpha value is -2.36. The highest BCUT2D eigenvalue weighted by Crippen LogP contribution is 2.35. The third-order valence-corrected chi connectivity index (χ3v) is 5.28. The monoisotopic (exact) mass is 353 g/mol. The minimum absolute atomic E-state index is 0.108. The second-order valence-electron chi connectivity index (χ2n) is 7.09. The van der Waals surface area contributed by atoms with E-state index in [2.05, 4.69) is 43.1 Å². The number of hydrogen-bond donors (Lipinski definition) is 1. The molecule has 0 radical (unpaired) electrons. The summed E-state index contributed by atoms with van der Waals surface area (Å²) in [4.78, 5) is 28.2. The summed E-state index contributed by atoms with van der Waals surface area (Å²) in [6.07, 6.45) is 4.06. The highest BCUT2D eigenvalue weighted by Gasteiger charge is 2.32. The number of hydrogen-bond acceptors (Lipinski definition) is 3. The molecule has 1 aliphatic rings. The van der Waals surface area contributed by atoms with Crippen LogP contribution in [0.15, 0.2) is 24.3 Å². The summed E-state index contributed by atoms with van der Waals surface area (Å²) in [5, 5.41) is 0. The number of Topliss-reactive ketones (excluding diaryl/α,β-unsaturated/α-hetero) is 1. The van der Waals surface area contributed by atoms with E-state index in [0.717, 1.165) is 36.9 Å². The maximum absolute atomic E-state index is 12.7. The van der Waals surface area contributed by atoms with Crippen LogP contribution in [0, 0.1) is 6.92 Å². The average molecular weight is 353 g/mol. The number of H-pyrrole nitrogens is 1. The summed E-state index contributed by atoms with van der Waals surface area (Å²) in [5.41, 5.74) is 5.19. The van der Waals surface area contributed by atoms with Crippen LogP contribution < -0.4 is 0 Å². The molecule has 0 unspecified atom stereocenters. The quantitative estimate of drug-likeness (QED) is 0.602. The van der Waals surface area contributed by atoms with E-state index in [-0.39, 0.29) is 17.7 Å². The minimum atomic E-state index is -0.359. The molecule has 1 aromatic carbocycles. The SMILES string of the molecule is CCCCOC(=O)c1[nH]c2c(c1C)C(=O)C[C@@H](c1ccc(CC)cc1)C2. The zero-order valence-electron chi connectivity index (χ0n) is 15.9. The lowest BCUT2D eigenvalue weighted by Crippen LogP contribution is -2.18. The molecule has 3 rings (SSSR count). The Labute approximate surface area is 155 Å². The van der Waals surface area contributed by atoms with Crippen molar-refractivity contribution >= 4 is 11.8 Å². The smallest absolute Gasteiger partial charge is 0.355 e. The number of ether oxygens (including phenoxy) is 1. The fourth-order valence-corrected chi connectivity index (χ4v) is 3.68. The molecule has 0 aliphatic heterocycles. The van der Waals surface area contributed by atoms with Crippen molar-refractivity contribution in [1.29, 1.82) is 0 Å². The third kappa shape index (κ3) is 3.59. The molecule has 0 amide bonds. The number of unbranched alkanes of at least 4 members (excludes halogenated alkanes) is 1. The van der Waals surface area contributed by atoms with E-state index < -0.39 is 0 Å². The molecule has 138 valence electrons. The Bertz CT molecular complexity index is 802. The zero-order chi connectivity index (χ0) is 18.7. The van der Waals surface area contributed by atoms with Gasteiger partial charge in [0.15, 0.2) is 5.78 Å². The number of esters is 1. The minimum Gasteiger partial charge on any atom is -0.461 e. The molecule has 26 heavy (non-hydrogen) atoms. The zero-order valence-corrected chi connectivity index (χ0v) is 15.9. The first-order chi connectivity index (χ1) is 12.5. The summed E-state index contributed by atoms with van der Waals surface area (Å²) in [7, 11) is 0. The van der Waals surface area contributed by atoms with Gasteiger partial charge in [-0.15, -0.1) is 0 Å². The van der Waals surface area contributed by atoms with Crippen molar-refractivity contribution in [3.63, 3.8) is 0 Å². The van der Waals surface area contributed by atoms with E-state index in [4.69, 9.17) is 4.74 Å². The van der Waals surface area contributed by atoms with Crippen LogP contribution in [-0.2, 0) is 17.6 Å². The number of aromatic nitrogens is 1. The number of rotatable bonds is 6. The van der Waals surface area contributed by atoms with Crippen LogP contribution in [0.5, 0.6) is 0 Å². The van der Waals surface area contributed by atoms with Crippen molar-refractivity contribution < 1.29 is 14.3 Å². The van der Waals surface area contributed by atoms with Crippen LogP contribution in [0.1, 0.15) is 82.3 Å². The third-order valence-electron chi connectivity index (χ3n) is 5.28. The Morgan fingerprint density at radius 2 is 1.92 bits per heavy atom. The lowest BCUT2D eigenvalue weighted by molar-refractivity contribution is 0.0492. The summed E-state index contributed by atoms with van der Waals surface area (Å²) in [5.74, 6) is -0.0953. The summed E-state index contributed by atoms with van der Waals surface area (Å²) in [6.45, 7) is 6.44. The molecular weight excluding hydrogens is 326 g/mol. The van der Waals surface area contributed by atoms with Crippen molar-refractivity contribution in [2.24, 2.45) is 0 Å². The highest BCUT2D eigenvalue weighted by molar-refractivity contribution is 6.03. The Morgan fingerprint density at radius 1 is 1.19 bits per heavy atom. The van der Waals surface area contributed by atoms with Gasteiger partial charge in [-0.1, -0.05) is 44.5 Å². The van der Waals surface area contributed by atoms with Crippen LogP contribution >= 0.6 is 0 Å². The predicted octanol–water partition coefficient (Wildman–Crippen LogP) is 4.76. The largest absolute Gasteiger partial charge is 0.461 e. The number of carbonyl (C=O) groups is 2. The van der Waals surface area contributed by atoms with E-state index in [1.165, 1.54) is 11.1 Å². The number of aromatic amines is 1. The molecule has 0 bridgehead atoms. The maximum Gasteiger partial charge on any atom is 0.355 e. The first-order valence-corrected chi connectivity index (χ1v) is 9.55. The van der Waals surface area contributed by atoms with E-state index >= 15 is 0 Å². The van der Waals surface area contributed by atoms with Gasteiger partial charge in [-0.25, -0.2) is 4.79 Å². The molecule has 0 spiro atoms. The Balaban J connectivity index is 1.82. The van der Waals surface area contributed by atoms with Gasteiger partial charge in [0.25, 0.3) is 0 Å². The summed E-state index contributed by atoms with van der Waals surface area (Å²) < 4.78 is 5.32. The molecular formula is C22H27NO3. The molecule has 0 saturated heterocycles. The average Bonchev–Trinajstić information content (AvgIpc) is 2.99. The fraction of sp³-hybridized carbons (Fsp3) is 0.455. The second kappa shape index (κ2) is 7.90. The molecule has 1 N–H and O–H groups in total. The fourth-order valence-electron chi connectivity index (χ4n) is 3.68. The Kier molecular flexibility index (Phi) is 5.60. The number of benzene rings is 1. The molecule has 1 aromatic heterocycles. The van der Waals surface area contributed by atoms with Crippen molar-refractivity contribution in [3.8, 4) is 0 Å². The molecule has 0 fully saturated rings. The van der Waals surface area contributed by atoms with Gasteiger partial charge in [-0.3, -0.25) is 4.79 Å². The van der Waals surface area contributed by atoms with Crippen LogP contribution in [0.2, 0.25) is 0 Å². The van der Waals surface area contributed by atoms with Crippen LogP contribution in [0.3, 0.4) is 0 Å². The van der Waals surface area contributed by atoms with Crippen LogP contribution in [0.4, 0.5) is 0 Å². The Morgan fingerprint density at radius 3 is 2.58 bits per heavy atom. The van der Waals surface area contributed by atoms with E-state index in [1.54, 1.807) is 0 Å². The molecule has 1 heterocycles. The van der Waals surface area contributed by atoms with E-state index in [9.17, 15) is 9.59 Å². The van der Waals surface area contributed by atoms with Gasteiger partial charge in [-0.05, 0) is 48.8 Å². The predicted molar refractivity (Wildman–Crippen MR) is 102 cm³/mol. The molecule has 1 aliphatic carbocycles. The van der Waals surface area contributed by atoms with Crippen LogP contribution in [-0.4, -0.2) is 23.3 Å². The molecule has 0 saturated carbocycles. The topological polar surface area (TPSA) is 59.2 Å². The number of carbonyl (C=O) groups excluding carboxylic acids is 2. The normalized spacial score (nSPS) is 16.4. The maximum atomic E-state index is 12.7. The van der Waals surface area contributed by atoms with Crippen molar-refractivity contribution in [2.75, 3.05) is 6.61 Å². The van der Waals surface area contributed by atoms with Gasteiger partial charge < -0.3 is 9.72 Å². The van der Waals surface area contributed by atoms with Gasteiger partial charge in [0.2, 0.25) is 0 Å². The van der Waals surface area contributed by atoms with Gasteiger partial charge in [0.05, 0.1) is 6.61 Å². The summed E-state index contributed by atoms with van der Waals surface area (Å²) >= 11 is 0. The second-order valence-corrected chi connectivity index (χ2v) is 7.09. The lowest BCUT2D eigenvalue weighted by atomic mass is 9.81. The first-order valence-electron chi connectivity index (χ1n) is 9.55. The van der Waals surface area contributed by atoms with Gasteiger partial charge in [0.1, 0.15) is 5.69 Å². The van der Waals surface area contributed by atoms with Crippen molar-refractivity contribution in [1.82, 2.24) is 4.98 Å². The first kappa shape index (κ1) is 18.4. The number of fused-ring (bicyclic) bond motifs is 1. The van der Waals surface area contributed by atoms with E-state index in [1.807, 2.05) is 6.92 Å². The standard InChI is InChI=1S/C22H27NO3/c1-4-6-11-26-22(25)21-14(3)20-18(23-21)12-17(13-19(20)24)16-9-7-15(5-2)8-10-16/h7-10,17,23H,4-6,11-13H2,1-3H3/t17-/m0/s1. The number of aryl methyl sites for hydroxylation is 1. The lowest BCUT2D eigenvalue weighted by Gasteiger charge is -2.22. The molecule has 4 heteroatoms. The van der Waals surface area contributed by atoms with Crippen LogP contribution in [0.25, 0.3) is 0 Å². The summed E-state index contributed by atoms with van der Waals surface area (Å²) in [6, 6.07) is 8.51. The molecule has 4 nitrogen and oxygen atoms in total.